The molecule has 53 heavy (non-hydrogen) atoms. The van der Waals surface area contributed by atoms with Crippen LogP contribution in [0.1, 0.15) is 44.1 Å². The molecule has 2 aromatic heterocycles. The number of nitriles is 1. The van der Waals surface area contributed by atoms with Crippen LogP contribution in [-0.2, 0) is 4.79 Å². The standard InChI is InChI=1S/C38H34F5N7O3/c1-2-26-29(39)6-3-22-13-25(51)14-27(30(22)26)32-31(40)33-28(16-45-32)34(49-17-23-4-5-24(18-49)50(23)35(52)38(41,42)43)47-36(46-33)53-20-37(9-10-37)19-48-11-7-21(15-44)8-12-48/h1,3,6,13-14,16,21,23-24,51H,4-5,7-12,17-20H2. The quantitative estimate of drug-likeness (QED) is 0.182. The number of hydrogen-bond donors (Lipinski definition) is 1. The number of pyridine rings is 1. The maximum atomic E-state index is 16.9. The van der Waals surface area contributed by atoms with Crippen molar-refractivity contribution in [1.29, 1.82) is 5.26 Å². The van der Waals surface area contributed by atoms with E-state index in [1.165, 1.54) is 24.4 Å². The fourth-order valence-corrected chi connectivity index (χ4v) is 8.26. The monoisotopic (exact) mass is 731 g/mol. The molecule has 1 aliphatic carbocycles. The van der Waals surface area contributed by atoms with Crippen LogP contribution in [0, 0.1) is 46.6 Å². The third kappa shape index (κ3) is 6.31. The number of piperazine rings is 1. The SMILES string of the molecule is C#Cc1c(F)ccc2cc(O)cc(-c3ncc4c(N5CC6CCC(C5)N6C(=O)C(F)(F)F)nc(OCC5(CN6CCC(C#N)CC6)CC5)nc4c3F)c12. The van der Waals surface area contributed by atoms with Gasteiger partial charge in [0.15, 0.2) is 5.82 Å². The first-order chi connectivity index (χ1) is 25.4. The lowest BCUT2D eigenvalue weighted by molar-refractivity contribution is -0.188. The molecule has 5 heterocycles. The molecule has 1 N–H and O–H groups in total. The molecule has 1 saturated carbocycles. The van der Waals surface area contributed by atoms with Crippen molar-refractivity contribution >= 4 is 33.4 Å². The van der Waals surface area contributed by atoms with E-state index in [0.29, 0.717) is 18.2 Å². The normalized spacial score (nSPS) is 21.5. The molecule has 1 amide bonds. The van der Waals surface area contributed by atoms with Gasteiger partial charge in [0.05, 0.1) is 35.7 Å². The molecule has 10 nitrogen and oxygen atoms in total. The number of carbonyl (C=O) groups excluding carboxylic acids is 1. The Bertz CT molecular complexity index is 2210. The van der Waals surface area contributed by atoms with E-state index in [1.54, 1.807) is 4.90 Å². The van der Waals surface area contributed by atoms with Crippen LogP contribution < -0.4 is 9.64 Å². The fraction of sp³-hybridized carbons (Fsp3) is 0.447. The molecule has 2 atom stereocenters. The molecule has 3 saturated heterocycles. The summed E-state index contributed by atoms with van der Waals surface area (Å²) in [5.74, 6) is -1.19. The Morgan fingerprint density at radius 3 is 2.43 bits per heavy atom. The van der Waals surface area contributed by atoms with Gasteiger partial charge in [0.2, 0.25) is 0 Å². The minimum atomic E-state index is -5.02. The first-order valence-electron chi connectivity index (χ1n) is 17.6. The van der Waals surface area contributed by atoms with Crippen LogP contribution in [0.3, 0.4) is 0 Å². The number of phenolic OH excluding ortho intramolecular Hbond substituents is 1. The van der Waals surface area contributed by atoms with Crippen molar-refractivity contribution in [2.45, 2.75) is 56.8 Å². The first-order valence-corrected chi connectivity index (χ1v) is 17.6. The summed E-state index contributed by atoms with van der Waals surface area (Å²) >= 11 is 0. The molecule has 15 heteroatoms. The van der Waals surface area contributed by atoms with Crippen LogP contribution in [0.15, 0.2) is 30.5 Å². The number of hydrogen-bond acceptors (Lipinski definition) is 9. The number of benzene rings is 2. The number of amides is 1. The van der Waals surface area contributed by atoms with E-state index >= 15 is 4.39 Å². The lowest BCUT2D eigenvalue weighted by Gasteiger charge is -2.42. The van der Waals surface area contributed by atoms with Gasteiger partial charge in [-0.3, -0.25) is 9.78 Å². The van der Waals surface area contributed by atoms with Crippen LogP contribution in [-0.4, -0.2) is 93.4 Å². The van der Waals surface area contributed by atoms with E-state index in [4.69, 9.17) is 11.2 Å². The van der Waals surface area contributed by atoms with Crippen molar-refractivity contribution in [2.75, 3.05) is 44.2 Å². The highest BCUT2D eigenvalue weighted by Crippen LogP contribution is 2.47. The largest absolute Gasteiger partial charge is 0.508 e. The predicted octanol–water partition coefficient (Wildman–Crippen LogP) is 5.95. The molecule has 4 aliphatic rings. The van der Waals surface area contributed by atoms with Crippen molar-refractivity contribution in [3.05, 3.63) is 47.7 Å². The predicted molar refractivity (Wildman–Crippen MR) is 184 cm³/mol. The summed E-state index contributed by atoms with van der Waals surface area (Å²) in [5.41, 5.74) is -0.756. The van der Waals surface area contributed by atoms with E-state index in [-0.39, 0.29) is 81.7 Å². The van der Waals surface area contributed by atoms with Crippen LogP contribution in [0.5, 0.6) is 11.8 Å². The highest BCUT2D eigenvalue weighted by molar-refractivity contribution is 6.03. The topological polar surface area (TPSA) is 119 Å². The Balaban J connectivity index is 1.18. The van der Waals surface area contributed by atoms with E-state index in [1.807, 2.05) is 0 Å². The molecular formula is C38H34F5N7O3. The number of aromatic hydroxyl groups is 1. The molecule has 2 unspecified atom stereocenters. The number of aromatic nitrogens is 3. The second-order valence-corrected chi connectivity index (χ2v) is 14.6. The molecule has 4 aromatic rings. The summed E-state index contributed by atoms with van der Waals surface area (Å²) in [5, 5.41) is 20.5. The molecule has 2 bridgehead atoms. The Hall–Kier alpha value is -5.28. The molecule has 2 aromatic carbocycles. The molecule has 274 valence electrons. The van der Waals surface area contributed by atoms with Crippen molar-refractivity contribution in [1.82, 2.24) is 24.8 Å². The van der Waals surface area contributed by atoms with Gasteiger partial charge in [0, 0.05) is 48.1 Å². The lowest BCUT2D eigenvalue weighted by Crippen LogP contribution is -2.59. The number of terminal acetylenes is 1. The summed E-state index contributed by atoms with van der Waals surface area (Å²) in [6, 6.07) is 5.90. The Morgan fingerprint density at radius 2 is 1.79 bits per heavy atom. The zero-order valence-corrected chi connectivity index (χ0v) is 28.5. The highest BCUT2D eigenvalue weighted by atomic mass is 19.4. The molecule has 0 spiro atoms. The maximum absolute atomic E-state index is 16.9. The number of rotatable bonds is 7. The number of piperidine rings is 1. The van der Waals surface area contributed by atoms with E-state index in [9.17, 15) is 32.7 Å². The van der Waals surface area contributed by atoms with Crippen LogP contribution in [0.2, 0.25) is 0 Å². The Kier molecular flexibility index (Phi) is 8.52. The van der Waals surface area contributed by atoms with Gasteiger partial charge in [-0.2, -0.15) is 28.4 Å². The van der Waals surface area contributed by atoms with Crippen LogP contribution in [0.25, 0.3) is 32.9 Å². The van der Waals surface area contributed by atoms with E-state index in [0.717, 1.165) is 56.3 Å². The molecule has 4 fully saturated rings. The minimum Gasteiger partial charge on any atom is -0.508 e. The fourth-order valence-electron chi connectivity index (χ4n) is 8.26. The third-order valence-electron chi connectivity index (χ3n) is 11.1. The minimum absolute atomic E-state index is 0.0117. The zero-order valence-electron chi connectivity index (χ0n) is 28.5. The van der Waals surface area contributed by atoms with Crippen LogP contribution >= 0.6 is 0 Å². The second-order valence-electron chi connectivity index (χ2n) is 14.6. The number of phenols is 1. The number of halogens is 5. The lowest BCUT2D eigenvalue weighted by atomic mass is 9.96. The summed E-state index contributed by atoms with van der Waals surface area (Å²) in [6.07, 6.45) is 6.09. The number of nitrogens with zero attached hydrogens (tertiary/aromatic N) is 7. The van der Waals surface area contributed by atoms with Crippen molar-refractivity contribution in [3.8, 4) is 41.4 Å². The van der Waals surface area contributed by atoms with Gasteiger partial charge in [0.1, 0.15) is 28.6 Å². The summed E-state index contributed by atoms with van der Waals surface area (Å²) < 4.78 is 78.6. The molecule has 0 radical (unpaired) electrons. The number of carbonyl (C=O) groups is 1. The molecule has 8 rings (SSSR count). The highest BCUT2D eigenvalue weighted by Gasteiger charge is 2.52. The third-order valence-corrected chi connectivity index (χ3v) is 11.1. The zero-order chi connectivity index (χ0) is 37.2. The van der Waals surface area contributed by atoms with E-state index in [2.05, 4.69) is 31.8 Å². The van der Waals surface area contributed by atoms with Gasteiger partial charge in [-0.15, -0.1) is 6.42 Å². The van der Waals surface area contributed by atoms with Crippen molar-refractivity contribution < 1.29 is 36.6 Å². The van der Waals surface area contributed by atoms with Gasteiger partial charge >= 0.3 is 18.1 Å². The Labute approximate surface area is 301 Å². The molecular weight excluding hydrogens is 697 g/mol. The summed E-state index contributed by atoms with van der Waals surface area (Å²) in [6.45, 7) is 2.62. The maximum Gasteiger partial charge on any atom is 0.471 e. The number of likely N-dealkylation sites (tertiary alicyclic amines) is 1. The summed E-state index contributed by atoms with van der Waals surface area (Å²) in [7, 11) is 0. The Morgan fingerprint density at radius 1 is 1.08 bits per heavy atom. The molecule has 3 aliphatic heterocycles. The van der Waals surface area contributed by atoms with E-state index < -0.39 is 35.8 Å². The van der Waals surface area contributed by atoms with Crippen molar-refractivity contribution in [3.63, 3.8) is 0 Å². The first kappa shape index (κ1) is 34.8. The number of anilines is 1. The average Bonchev–Trinajstić information content (AvgIpc) is 3.85. The van der Waals surface area contributed by atoms with Gasteiger partial charge < -0.3 is 24.5 Å². The van der Waals surface area contributed by atoms with Crippen LogP contribution in [0.4, 0.5) is 27.8 Å². The van der Waals surface area contributed by atoms with Crippen molar-refractivity contribution in [2.24, 2.45) is 11.3 Å². The van der Waals surface area contributed by atoms with Gasteiger partial charge in [0.25, 0.3) is 0 Å². The smallest absolute Gasteiger partial charge is 0.471 e. The number of ether oxygens (including phenoxy) is 1. The number of fused-ring (bicyclic) bond motifs is 4. The van der Waals surface area contributed by atoms with Gasteiger partial charge in [-0.05, 0) is 75.2 Å². The average molecular weight is 732 g/mol. The van der Waals surface area contributed by atoms with Gasteiger partial charge in [-0.25, -0.2) is 8.78 Å². The second kappa shape index (κ2) is 13.0. The summed E-state index contributed by atoms with van der Waals surface area (Å²) in [4.78, 5) is 30.9. The number of alkyl halides is 3. The van der Waals surface area contributed by atoms with Gasteiger partial charge in [-0.1, -0.05) is 12.0 Å².